The van der Waals surface area contributed by atoms with Gasteiger partial charge in [-0.3, -0.25) is 9.69 Å². The molecule has 0 spiro atoms. The Bertz CT molecular complexity index is 219. The Morgan fingerprint density at radius 2 is 1.86 bits per heavy atom. The van der Waals surface area contributed by atoms with Gasteiger partial charge in [-0.05, 0) is 27.7 Å². The van der Waals surface area contributed by atoms with Gasteiger partial charge in [-0.1, -0.05) is 0 Å². The van der Waals surface area contributed by atoms with E-state index in [9.17, 15) is 9.59 Å². The van der Waals surface area contributed by atoms with Crippen LogP contribution in [0, 0.1) is 0 Å². The van der Waals surface area contributed by atoms with Crippen molar-refractivity contribution in [2.45, 2.75) is 33.2 Å². The molecule has 0 rings (SSSR count). The minimum absolute atomic E-state index is 0.241. The molecular weight excluding hydrogens is 186 g/mol. The highest BCUT2D eigenvalue weighted by Gasteiger charge is 2.29. The highest BCUT2D eigenvalue weighted by molar-refractivity contribution is 5.77. The van der Waals surface area contributed by atoms with Gasteiger partial charge in [0.1, 0.15) is 6.54 Å². The van der Waals surface area contributed by atoms with Crippen molar-refractivity contribution >= 4 is 12.1 Å². The molecule has 1 N–H and O–H groups in total. The summed E-state index contributed by atoms with van der Waals surface area (Å²) >= 11 is 0. The van der Waals surface area contributed by atoms with Crippen LogP contribution in [0.25, 0.3) is 0 Å². The number of nitrogens with zero attached hydrogens (tertiary/aromatic N) is 1. The molecule has 5 nitrogen and oxygen atoms in total. The minimum atomic E-state index is -1.05. The van der Waals surface area contributed by atoms with Crippen LogP contribution in [-0.4, -0.2) is 40.8 Å². The SMILES string of the molecule is CCOC(=O)N(CC(=O)O)C(C)(C)C. The molecule has 0 aliphatic heterocycles. The van der Waals surface area contributed by atoms with E-state index in [2.05, 4.69) is 0 Å². The molecule has 0 radical (unpaired) electrons. The Hall–Kier alpha value is -1.26. The Kier molecular flexibility index (Phi) is 4.40. The van der Waals surface area contributed by atoms with Crippen LogP contribution in [0.15, 0.2) is 0 Å². The van der Waals surface area contributed by atoms with Crippen molar-refractivity contribution in [3.63, 3.8) is 0 Å². The normalized spacial score (nSPS) is 10.9. The lowest BCUT2D eigenvalue weighted by Crippen LogP contribution is -2.48. The summed E-state index contributed by atoms with van der Waals surface area (Å²) in [6.07, 6.45) is -0.595. The first-order valence-electron chi connectivity index (χ1n) is 4.45. The Balaban J connectivity index is 4.55. The van der Waals surface area contributed by atoms with E-state index in [4.69, 9.17) is 9.84 Å². The van der Waals surface area contributed by atoms with Gasteiger partial charge >= 0.3 is 12.1 Å². The number of aliphatic carboxylic acids is 1. The Labute approximate surface area is 83.6 Å². The van der Waals surface area contributed by atoms with E-state index in [0.29, 0.717) is 0 Å². The maximum atomic E-state index is 11.4. The van der Waals surface area contributed by atoms with Gasteiger partial charge in [-0.2, -0.15) is 0 Å². The van der Waals surface area contributed by atoms with Crippen LogP contribution in [0.4, 0.5) is 4.79 Å². The summed E-state index contributed by atoms with van der Waals surface area (Å²) in [6.45, 7) is 6.85. The van der Waals surface area contributed by atoms with Crippen LogP contribution in [-0.2, 0) is 9.53 Å². The molecule has 1 amide bonds. The average Bonchev–Trinajstić information content (AvgIpc) is 1.98. The summed E-state index contributed by atoms with van der Waals surface area (Å²) in [6, 6.07) is 0. The van der Waals surface area contributed by atoms with Gasteiger partial charge in [0.15, 0.2) is 0 Å². The molecule has 0 heterocycles. The molecule has 0 saturated carbocycles. The van der Waals surface area contributed by atoms with E-state index >= 15 is 0 Å². The lowest BCUT2D eigenvalue weighted by atomic mass is 10.1. The van der Waals surface area contributed by atoms with Crippen molar-refractivity contribution in [1.29, 1.82) is 0 Å². The summed E-state index contributed by atoms with van der Waals surface area (Å²) in [5.41, 5.74) is -0.551. The second-order valence-electron chi connectivity index (χ2n) is 3.85. The molecule has 0 aromatic heterocycles. The van der Waals surface area contributed by atoms with Gasteiger partial charge in [0.2, 0.25) is 0 Å². The van der Waals surface area contributed by atoms with E-state index in [-0.39, 0.29) is 13.2 Å². The van der Waals surface area contributed by atoms with E-state index in [1.54, 1.807) is 27.7 Å². The lowest BCUT2D eigenvalue weighted by Gasteiger charge is -2.33. The smallest absolute Gasteiger partial charge is 0.410 e. The van der Waals surface area contributed by atoms with Crippen molar-refractivity contribution in [3.8, 4) is 0 Å². The maximum Gasteiger partial charge on any atom is 0.410 e. The number of carboxylic acid groups (broad SMARTS) is 1. The molecule has 14 heavy (non-hydrogen) atoms. The predicted octanol–water partition coefficient (Wildman–Crippen LogP) is 1.33. The van der Waals surface area contributed by atoms with Gasteiger partial charge in [0, 0.05) is 5.54 Å². The Morgan fingerprint density at radius 1 is 1.36 bits per heavy atom. The molecule has 0 unspecified atom stereocenters. The standard InChI is InChI=1S/C9H17NO4/c1-5-14-8(13)10(6-7(11)12)9(2,3)4/h5-6H2,1-4H3,(H,11,12). The van der Waals surface area contributed by atoms with E-state index in [1.165, 1.54) is 4.90 Å². The molecular formula is C9H17NO4. The number of carboxylic acids is 1. The fourth-order valence-corrected chi connectivity index (χ4v) is 0.912. The second kappa shape index (κ2) is 4.83. The zero-order valence-electron chi connectivity index (χ0n) is 9.03. The van der Waals surface area contributed by atoms with Crippen LogP contribution < -0.4 is 0 Å². The van der Waals surface area contributed by atoms with Crippen molar-refractivity contribution < 1.29 is 19.4 Å². The number of carbonyl (C=O) groups is 2. The summed E-state index contributed by atoms with van der Waals surface area (Å²) in [4.78, 5) is 23.1. The first kappa shape index (κ1) is 12.7. The molecule has 0 aliphatic rings. The second-order valence-corrected chi connectivity index (χ2v) is 3.85. The number of carbonyl (C=O) groups excluding carboxylic acids is 1. The van der Waals surface area contributed by atoms with Crippen LogP contribution in [0.5, 0.6) is 0 Å². The van der Waals surface area contributed by atoms with Gasteiger partial charge in [-0.15, -0.1) is 0 Å². The van der Waals surface area contributed by atoms with E-state index in [1.807, 2.05) is 0 Å². The third-order valence-electron chi connectivity index (χ3n) is 1.59. The third-order valence-corrected chi connectivity index (χ3v) is 1.59. The molecule has 0 aromatic carbocycles. The van der Waals surface area contributed by atoms with Crippen molar-refractivity contribution in [1.82, 2.24) is 4.90 Å². The highest BCUT2D eigenvalue weighted by atomic mass is 16.6. The maximum absolute atomic E-state index is 11.4. The van der Waals surface area contributed by atoms with Gasteiger partial charge in [0.25, 0.3) is 0 Å². The fourth-order valence-electron chi connectivity index (χ4n) is 0.912. The topological polar surface area (TPSA) is 66.8 Å². The van der Waals surface area contributed by atoms with Gasteiger partial charge in [0.05, 0.1) is 6.61 Å². The summed E-state index contributed by atoms with van der Waals surface area (Å²) in [5, 5.41) is 8.61. The van der Waals surface area contributed by atoms with Crippen LogP contribution in [0.3, 0.4) is 0 Å². The summed E-state index contributed by atoms with van der Waals surface area (Å²) < 4.78 is 4.76. The zero-order chi connectivity index (χ0) is 11.4. The quantitative estimate of drug-likeness (QED) is 0.751. The monoisotopic (exact) mass is 203 g/mol. The molecule has 0 aromatic rings. The fraction of sp³-hybridized carbons (Fsp3) is 0.778. The zero-order valence-corrected chi connectivity index (χ0v) is 9.03. The first-order chi connectivity index (χ1) is 6.29. The average molecular weight is 203 g/mol. The van der Waals surface area contributed by atoms with Crippen LogP contribution in [0.1, 0.15) is 27.7 Å². The van der Waals surface area contributed by atoms with Crippen LogP contribution in [0.2, 0.25) is 0 Å². The summed E-state index contributed by atoms with van der Waals surface area (Å²) in [7, 11) is 0. The van der Waals surface area contributed by atoms with Gasteiger partial charge < -0.3 is 9.84 Å². The molecule has 0 bridgehead atoms. The van der Waals surface area contributed by atoms with E-state index < -0.39 is 17.6 Å². The largest absolute Gasteiger partial charge is 0.480 e. The Morgan fingerprint density at radius 3 is 2.14 bits per heavy atom. The van der Waals surface area contributed by atoms with Crippen molar-refractivity contribution in [3.05, 3.63) is 0 Å². The first-order valence-corrected chi connectivity index (χ1v) is 4.45. The minimum Gasteiger partial charge on any atom is -0.480 e. The molecule has 0 saturated heterocycles. The number of ether oxygens (including phenoxy) is 1. The molecule has 0 aliphatic carbocycles. The molecule has 5 heteroatoms. The predicted molar refractivity (Wildman–Crippen MR) is 51.1 cm³/mol. The van der Waals surface area contributed by atoms with Gasteiger partial charge in [-0.25, -0.2) is 4.79 Å². The lowest BCUT2D eigenvalue weighted by molar-refractivity contribution is -0.139. The van der Waals surface area contributed by atoms with E-state index in [0.717, 1.165) is 0 Å². The number of hydrogen-bond acceptors (Lipinski definition) is 3. The molecule has 0 fully saturated rings. The summed E-state index contributed by atoms with van der Waals surface area (Å²) in [5.74, 6) is -1.05. The highest BCUT2D eigenvalue weighted by Crippen LogP contribution is 2.14. The van der Waals surface area contributed by atoms with Crippen molar-refractivity contribution in [2.24, 2.45) is 0 Å². The van der Waals surface area contributed by atoms with Crippen LogP contribution >= 0.6 is 0 Å². The number of amides is 1. The number of rotatable bonds is 3. The number of hydrogen-bond donors (Lipinski definition) is 1. The molecule has 82 valence electrons. The molecule has 0 atom stereocenters. The van der Waals surface area contributed by atoms with Crippen molar-refractivity contribution in [2.75, 3.05) is 13.2 Å². The third kappa shape index (κ3) is 4.11.